The van der Waals surface area contributed by atoms with Gasteiger partial charge in [0.15, 0.2) is 0 Å². The van der Waals surface area contributed by atoms with Crippen LogP contribution in [0.5, 0.6) is 5.75 Å². The van der Waals surface area contributed by atoms with Crippen LogP contribution in [0.25, 0.3) is 0 Å². The second-order valence-electron chi connectivity index (χ2n) is 10.2. The first-order valence-corrected chi connectivity index (χ1v) is 14.8. The molecule has 8 nitrogen and oxygen atoms in total. The lowest BCUT2D eigenvalue weighted by atomic mass is 10.1. The summed E-state index contributed by atoms with van der Waals surface area (Å²) in [5.41, 5.74) is 3.94. The van der Waals surface area contributed by atoms with Crippen molar-refractivity contribution in [3.05, 3.63) is 89.5 Å². The van der Waals surface area contributed by atoms with Crippen LogP contribution in [0.15, 0.2) is 77.7 Å². The molecule has 0 aromatic heterocycles. The number of ether oxygens (including phenoxy) is 1. The molecule has 3 aromatic carbocycles. The summed E-state index contributed by atoms with van der Waals surface area (Å²) < 4.78 is 32.9. The Morgan fingerprint density at radius 3 is 2.13 bits per heavy atom. The lowest BCUT2D eigenvalue weighted by Crippen LogP contribution is -2.49. The Morgan fingerprint density at radius 2 is 1.49 bits per heavy atom. The first-order chi connectivity index (χ1) is 18.8. The van der Waals surface area contributed by atoms with Crippen LogP contribution in [0.4, 0.5) is 5.69 Å². The quantitative estimate of drug-likeness (QED) is 0.450. The minimum atomic E-state index is -3.48. The van der Waals surface area contributed by atoms with Gasteiger partial charge in [-0.1, -0.05) is 29.8 Å². The van der Waals surface area contributed by atoms with Crippen LogP contribution < -0.4 is 9.64 Å². The summed E-state index contributed by atoms with van der Waals surface area (Å²) in [6.07, 6.45) is 0. The number of amides is 1. The molecule has 0 N–H and O–H groups in total. The van der Waals surface area contributed by atoms with Gasteiger partial charge in [0.1, 0.15) is 5.75 Å². The van der Waals surface area contributed by atoms with Gasteiger partial charge in [-0.05, 0) is 61.0 Å². The molecule has 0 radical (unpaired) electrons. The van der Waals surface area contributed by atoms with E-state index in [2.05, 4.69) is 21.9 Å². The maximum Gasteiger partial charge on any atom is 0.253 e. The van der Waals surface area contributed by atoms with Crippen molar-refractivity contribution in [2.24, 2.45) is 0 Å². The zero-order valence-electron chi connectivity index (χ0n) is 22.6. The number of hydrogen-bond donors (Lipinski definition) is 0. The summed E-state index contributed by atoms with van der Waals surface area (Å²) in [5, 5.41) is 0. The fraction of sp³-hybridized carbons (Fsp3) is 0.367. The summed E-state index contributed by atoms with van der Waals surface area (Å²) in [4.78, 5) is 20.1. The van der Waals surface area contributed by atoms with Crippen molar-refractivity contribution in [1.82, 2.24) is 14.1 Å². The third kappa shape index (κ3) is 6.27. The van der Waals surface area contributed by atoms with Gasteiger partial charge < -0.3 is 14.5 Å². The van der Waals surface area contributed by atoms with Gasteiger partial charge in [0.05, 0.1) is 12.0 Å². The topological polar surface area (TPSA) is 73.4 Å². The molecule has 0 aliphatic carbocycles. The van der Waals surface area contributed by atoms with Crippen LogP contribution in [-0.2, 0) is 16.6 Å². The number of carbonyl (C=O) groups is 1. The van der Waals surface area contributed by atoms with Crippen molar-refractivity contribution >= 4 is 21.6 Å². The fourth-order valence-corrected chi connectivity index (χ4v) is 6.61. The molecule has 2 saturated heterocycles. The molecule has 0 atom stereocenters. The molecule has 2 aliphatic heterocycles. The van der Waals surface area contributed by atoms with E-state index < -0.39 is 10.0 Å². The predicted octanol–water partition coefficient (Wildman–Crippen LogP) is 3.47. The molecule has 0 unspecified atom stereocenters. The fourth-order valence-electron chi connectivity index (χ4n) is 5.19. The second-order valence-corrected chi connectivity index (χ2v) is 12.1. The SMILES string of the molecule is COc1ccc(N2CCN(C(=O)c3cccc(CN4CCN(S(=O)(=O)c5ccc(C)cc5)CC4)c3)CC2)cc1. The molecule has 0 saturated carbocycles. The van der Waals surface area contributed by atoms with Crippen LogP contribution >= 0.6 is 0 Å². The first kappa shape index (κ1) is 27.2. The van der Waals surface area contributed by atoms with E-state index in [4.69, 9.17) is 4.74 Å². The summed E-state index contributed by atoms with van der Waals surface area (Å²) in [7, 11) is -1.82. The summed E-state index contributed by atoms with van der Waals surface area (Å²) in [5.74, 6) is 0.891. The van der Waals surface area contributed by atoms with Gasteiger partial charge in [-0.3, -0.25) is 9.69 Å². The van der Waals surface area contributed by atoms with Crippen LogP contribution in [0.3, 0.4) is 0 Å². The molecule has 0 spiro atoms. The van der Waals surface area contributed by atoms with E-state index in [0.29, 0.717) is 56.3 Å². The average molecular weight is 549 g/mol. The number of piperazine rings is 2. The molecule has 2 fully saturated rings. The number of methoxy groups -OCH3 is 1. The van der Waals surface area contributed by atoms with E-state index in [1.807, 2.05) is 60.4 Å². The summed E-state index contributed by atoms with van der Waals surface area (Å²) >= 11 is 0. The minimum Gasteiger partial charge on any atom is -0.497 e. The third-order valence-electron chi connectivity index (χ3n) is 7.57. The van der Waals surface area contributed by atoms with Gasteiger partial charge in [0, 0.05) is 70.2 Å². The highest BCUT2D eigenvalue weighted by Gasteiger charge is 2.28. The summed E-state index contributed by atoms with van der Waals surface area (Å²) in [6.45, 7) is 7.75. The molecule has 3 aromatic rings. The third-order valence-corrected chi connectivity index (χ3v) is 9.49. The van der Waals surface area contributed by atoms with Crippen molar-refractivity contribution in [3.63, 3.8) is 0 Å². The molecule has 1 amide bonds. The van der Waals surface area contributed by atoms with Crippen molar-refractivity contribution in [2.45, 2.75) is 18.4 Å². The number of aryl methyl sites for hydroxylation is 1. The Kier molecular flexibility index (Phi) is 8.20. The highest BCUT2D eigenvalue weighted by molar-refractivity contribution is 7.89. The first-order valence-electron chi connectivity index (χ1n) is 13.4. The van der Waals surface area contributed by atoms with E-state index >= 15 is 0 Å². The lowest BCUT2D eigenvalue weighted by molar-refractivity contribution is 0.0746. The molecular formula is C30H36N4O4S. The zero-order valence-corrected chi connectivity index (χ0v) is 23.4. The highest BCUT2D eigenvalue weighted by atomic mass is 32.2. The van der Waals surface area contributed by atoms with Crippen molar-refractivity contribution < 1.29 is 17.9 Å². The number of nitrogens with zero attached hydrogens (tertiary/aromatic N) is 4. The Hall–Kier alpha value is -3.40. The molecular weight excluding hydrogens is 512 g/mol. The van der Waals surface area contributed by atoms with Gasteiger partial charge in [0.25, 0.3) is 5.91 Å². The van der Waals surface area contributed by atoms with Crippen LogP contribution in [0.2, 0.25) is 0 Å². The number of carbonyl (C=O) groups excluding carboxylic acids is 1. The number of rotatable bonds is 7. The Labute approximate surface area is 231 Å². The number of benzene rings is 3. The maximum atomic E-state index is 13.3. The monoisotopic (exact) mass is 548 g/mol. The van der Waals surface area contributed by atoms with E-state index in [-0.39, 0.29) is 5.91 Å². The number of sulfonamides is 1. The predicted molar refractivity (Wildman–Crippen MR) is 153 cm³/mol. The van der Waals surface area contributed by atoms with E-state index in [0.717, 1.165) is 35.7 Å². The van der Waals surface area contributed by atoms with Crippen LogP contribution in [0, 0.1) is 6.92 Å². The number of anilines is 1. The van der Waals surface area contributed by atoms with Crippen molar-refractivity contribution in [1.29, 1.82) is 0 Å². The van der Waals surface area contributed by atoms with Gasteiger partial charge >= 0.3 is 0 Å². The summed E-state index contributed by atoms with van der Waals surface area (Å²) in [6, 6.07) is 22.9. The molecule has 5 rings (SSSR count). The van der Waals surface area contributed by atoms with Crippen LogP contribution in [0.1, 0.15) is 21.5 Å². The van der Waals surface area contributed by atoms with Gasteiger partial charge in [-0.25, -0.2) is 8.42 Å². The van der Waals surface area contributed by atoms with E-state index in [9.17, 15) is 13.2 Å². The average Bonchev–Trinajstić information content (AvgIpc) is 2.97. The van der Waals surface area contributed by atoms with E-state index in [1.165, 1.54) is 0 Å². The van der Waals surface area contributed by atoms with Crippen molar-refractivity contribution in [2.75, 3.05) is 64.4 Å². The minimum absolute atomic E-state index is 0.0558. The van der Waals surface area contributed by atoms with E-state index in [1.54, 1.807) is 23.5 Å². The maximum absolute atomic E-state index is 13.3. The zero-order chi connectivity index (χ0) is 27.4. The Balaban J connectivity index is 1.14. The van der Waals surface area contributed by atoms with Crippen LogP contribution in [-0.4, -0.2) is 87.9 Å². The lowest BCUT2D eigenvalue weighted by Gasteiger charge is -2.36. The molecule has 9 heteroatoms. The van der Waals surface area contributed by atoms with Gasteiger partial charge in [-0.15, -0.1) is 0 Å². The molecule has 2 aliphatic rings. The Morgan fingerprint density at radius 1 is 0.821 bits per heavy atom. The smallest absolute Gasteiger partial charge is 0.253 e. The molecule has 0 bridgehead atoms. The normalized spacial score (nSPS) is 17.3. The molecule has 39 heavy (non-hydrogen) atoms. The van der Waals surface area contributed by atoms with Crippen molar-refractivity contribution in [3.8, 4) is 5.75 Å². The standard InChI is InChI=1S/C30H36N4O4S/c1-24-6-12-29(13-7-24)39(36,37)34-20-14-31(15-21-34)23-25-4-3-5-26(22-25)30(35)33-18-16-32(17-19-33)27-8-10-28(38-2)11-9-27/h3-13,22H,14-21,23H2,1-2H3. The molecule has 206 valence electrons. The molecule has 2 heterocycles. The number of hydrogen-bond acceptors (Lipinski definition) is 6. The highest BCUT2D eigenvalue weighted by Crippen LogP contribution is 2.22. The largest absolute Gasteiger partial charge is 0.497 e. The van der Waals surface area contributed by atoms with Gasteiger partial charge in [-0.2, -0.15) is 4.31 Å². The Bertz CT molecular complexity index is 1380. The second kappa shape index (κ2) is 11.8. The van der Waals surface area contributed by atoms with Gasteiger partial charge in [0.2, 0.25) is 10.0 Å².